The smallest absolute Gasteiger partial charge is 0.128 e. The van der Waals surface area contributed by atoms with Gasteiger partial charge in [-0.25, -0.2) is 4.98 Å². The molecular weight excluding hydrogens is 254 g/mol. The van der Waals surface area contributed by atoms with Crippen molar-refractivity contribution < 1.29 is 0 Å². The number of likely N-dealkylation sites (N-methyl/N-ethyl adjacent to an activating group) is 1. The standard InChI is InChI=1S/C11H18BrN3/c1-9(2)13-6-7-15(3)11-5-4-10(12)8-14-11/h4-5,8-9,13H,6-7H2,1-3H3. The molecule has 0 bridgehead atoms. The largest absolute Gasteiger partial charge is 0.358 e. The Labute approximate surface area is 100 Å². The van der Waals surface area contributed by atoms with Gasteiger partial charge >= 0.3 is 0 Å². The van der Waals surface area contributed by atoms with Gasteiger partial charge in [-0.1, -0.05) is 13.8 Å². The van der Waals surface area contributed by atoms with Crippen LogP contribution in [0.4, 0.5) is 5.82 Å². The number of halogens is 1. The highest BCUT2D eigenvalue weighted by molar-refractivity contribution is 9.10. The Bertz CT molecular complexity index is 284. The second-order valence-electron chi connectivity index (χ2n) is 3.86. The summed E-state index contributed by atoms with van der Waals surface area (Å²) in [6, 6.07) is 4.56. The van der Waals surface area contributed by atoms with Gasteiger partial charge in [-0.15, -0.1) is 0 Å². The van der Waals surface area contributed by atoms with E-state index in [-0.39, 0.29) is 0 Å². The predicted octanol–water partition coefficient (Wildman–Crippen LogP) is 2.28. The Morgan fingerprint density at radius 3 is 2.73 bits per heavy atom. The molecule has 0 radical (unpaired) electrons. The molecule has 1 heterocycles. The zero-order chi connectivity index (χ0) is 11.3. The van der Waals surface area contributed by atoms with Gasteiger partial charge in [-0.2, -0.15) is 0 Å². The maximum Gasteiger partial charge on any atom is 0.128 e. The normalized spacial score (nSPS) is 10.7. The monoisotopic (exact) mass is 271 g/mol. The van der Waals surface area contributed by atoms with E-state index < -0.39 is 0 Å². The maximum atomic E-state index is 4.33. The number of aromatic nitrogens is 1. The van der Waals surface area contributed by atoms with Gasteiger partial charge in [0.1, 0.15) is 5.82 Å². The molecule has 3 nitrogen and oxygen atoms in total. The van der Waals surface area contributed by atoms with Crippen molar-refractivity contribution in [2.75, 3.05) is 25.0 Å². The summed E-state index contributed by atoms with van der Waals surface area (Å²) < 4.78 is 1.01. The topological polar surface area (TPSA) is 28.2 Å². The lowest BCUT2D eigenvalue weighted by Gasteiger charge is -2.19. The lowest BCUT2D eigenvalue weighted by atomic mass is 10.4. The van der Waals surface area contributed by atoms with Crippen LogP contribution in [0.3, 0.4) is 0 Å². The van der Waals surface area contributed by atoms with E-state index in [4.69, 9.17) is 0 Å². The van der Waals surface area contributed by atoms with Crippen LogP contribution in [0.25, 0.3) is 0 Å². The third-order valence-corrected chi connectivity index (χ3v) is 2.57. The molecule has 0 spiro atoms. The molecule has 0 aliphatic rings. The Morgan fingerprint density at radius 2 is 2.20 bits per heavy atom. The zero-order valence-corrected chi connectivity index (χ0v) is 11.1. The van der Waals surface area contributed by atoms with Crippen molar-refractivity contribution in [3.05, 3.63) is 22.8 Å². The summed E-state index contributed by atoms with van der Waals surface area (Å²) in [5, 5.41) is 3.38. The van der Waals surface area contributed by atoms with Crippen LogP contribution in [-0.4, -0.2) is 31.2 Å². The third kappa shape index (κ3) is 4.62. The van der Waals surface area contributed by atoms with Crippen LogP contribution in [0, 0.1) is 0 Å². The first-order valence-corrected chi connectivity index (χ1v) is 5.95. The second kappa shape index (κ2) is 6.08. The minimum atomic E-state index is 0.538. The molecule has 0 amide bonds. The molecule has 15 heavy (non-hydrogen) atoms. The highest BCUT2D eigenvalue weighted by atomic mass is 79.9. The van der Waals surface area contributed by atoms with Crippen LogP contribution < -0.4 is 10.2 Å². The van der Waals surface area contributed by atoms with Crippen LogP contribution in [0.2, 0.25) is 0 Å². The molecule has 84 valence electrons. The first-order valence-electron chi connectivity index (χ1n) is 5.15. The summed E-state index contributed by atoms with van der Waals surface area (Å²) in [6.45, 7) is 6.24. The van der Waals surface area contributed by atoms with Gasteiger partial charge < -0.3 is 10.2 Å². The van der Waals surface area contributed by atoms with Crippen molar-refractivity contribution in [3.8, 4) is 0 Å². The van der Waals surface area contributed by atoms with Gasteiger partial charge in [0.15, 0.2) is 0 Å². The van der Waals surface area contributed by atoms with E-state index >= 15 is 0 Å². The van der Waals surface area contributed by atoms with Crippen molar-refractivity contribution in [2.24, 2.45) is 0 Å². The Kier molecular flexibility index (Phi) is 5.05. The van der Waals surface area contributed by atoms with Gasteiger partial charge in [-0.05, 0) is 28.1 Å². The van der Waals surface area contributed by atoms with Gasteiger partial charge in [0, 0.05) is 36.8 Å². The summed E-state index contributed by atoms with van der Waals surface area (Å²) in [6.07, 6.45) is 1.82. The molecule has 1 aromatic heterocycles. The molecule has 0 aliphatic carbocycles. The molecular formula is C11H18BrN3. The Hall–Kier alpha value is -0.610. The van der Waals surface area contributed by atoms with Crippen molar-refractivity contribution in [1.29, 1.82) is 0 Å². The third-order valence-electron chi connectivity index (χ3n) is 2.10. The molecule has 1 aromatic rings. The van der Waals surface area contributed by atoms with Gasteiger partial charge in [-0.3, -0.25) is 0 Å². The minimum Gasteiger partial charge on any atom is -0.358 e. The molecule has 0 aliphatic heterocycles. The molecule has 0 fully saturated rings. The average Bonchev–Trinajstić information content (AvgIpc) is 2.18. The summed E-state index contributed by atoms with van der Waals surface area (Å²) >= 11 is 3.37. The number of nitrogens with one attached hydrogen (secondary N) is 1. The van der Waals surface area contributed by atoms with Crippen LogP contribution in [0.1, 0.15) is 13.8 Å². The van der Waals surface area contributed by atoms with E-state index in [1.807, 2.05) is 18.3 Å². The van der Waals surface area contributed by atoms with Crippen LogP contribution in [0.15, 0.2) is 22.8 Å². The van der Waals surface area contributed by atoms with E-state index in [1.165, 1.54) is 0 Å². The molecule has 1 N–H and O–H groups in total. The maximum absolute atomic E-state index is 4.33. The highest BCUT2D eigenvalue weighted by Crippen LogP contribution is 2.12. The van der Waals surface area contributed by atoms with Gasteiger partial charge in [0.25, 0.3) is 0 Å². The Morgan fingerprint density at radius 1 is 1.47 bits per heavy atom. The number of rotatable bonds is 5. The molecule has 0 saturated carbocycles. The number of hydrogen-bond acceptors (Lipinski definition) is 3. The predicted molar refractivity (Wildman–Crippen MR) is 68.3 cm³/mol. The molecule has 1 rings (SSSR count). The fourth-order valence-electron chi connectivity index (χ4n) is 1.23. The first-order chi connectivity index (χ1) is 7.09. The quantitative estimate of drug-likeness (QED) is 0.891. The van der Waals surface area contributed by atoms with Crippen LogP contribution >= 0.6 is 15.9 Å². The highest BCUT2D eigenvalue weighted by Gasteiger charge is 2.01. The van der Waals surface area contributed by atoms with E-state index in [2.05, 4.69) is 52.0 Å². The van der Waals surface area contributed by atoms with Gasteiger partial charge in [0.05, 0.1) is 0 Å². The van der Waals surface area contributed by atoms with E-state index in [1.54, 1.807) is 0 Å². The fraction of sp³-hybridized carbons (Fsp3) is 0.545. The van der Waals surface area contributed by atoms with Gasteiger partial charge in [0.2, 0.25) is 0 Å². The number of nitrogens with zero attached hydrogens (tertiary/aromatic N) is 2. The number of pyridine rings is 1. The molecule has 0 aromatic carbocycles. The summed E-state index contributed by atoms with van der Waals surface area (Å²) in [7, 11) is 2.05. The van der Waals surface area contributed by atoms with E-state index in [0.29, 0.717) is 6.04 Å². The fourth-order valence-corrected chi connectivity index (χ4v) is 1.46. The SMILES string of the molecule is CC(C)NCCN(C)c1ccc(Br)cn1. The van der Waals surface area contributed by atoms with Crippen molar-refractivity contribution >= 4 is 21.7 Å². The molecule has 4 heteroatoms. The lowest BCUT2D eigenvalue weighted by molar-refractivity contribution is 0.588. The molecule has 0 atom stereocenters. The minimum absolute atomic E-state index is 0.538. The number of anilines is 1. The number of hydrogen-bond donors (Lipinski definition) is 1. The van der Waals surface area contributed by atoms with Crippen LogP contribution in [-0.2, 0) is 0 Å². The molecule has 0 saturated heterocycles. The average molecular weight is 272 g/mol. The van der Waals surface area contributed by atoms with Crippen molar-refractivity contribution in [2.45, 2.75) is 19.9 Å². The first kappa shape index (κ1) is 12.5. The Balaban J connectivity index is 2.40. The van der Waals surface area contributed by atoms with Crippen molar-refractivity contribution in [1.82, 2.24) is 10.3 Å². The lowest BCUT2D eigenvalue weighted by Crippen LogP contribution is -2.33. The van der Waals surface area contributed by atoms with Crippen molar-refractivity contribution in [3.63, 3.8) is 0 Å². The summed E-state index contributed by atoms with van der Waals surface area (Å²) in [5.41, 5.74) is 0. The van der Waals surface area contributed by atoms with Crippen LogP contribution in [0.5, 0.6) is 0 Å². The summed E-state index contributed by atoms with van der Waals surface area (Å²) in [4.78, 5) is 6.47. The second-order valence-corrected chi connectivity index (χ2v) is 4.78. The van der Waals surface area contributed by atoms with E-state index in [9.17, 15) is 0 Å². The summed E-state index contributed by atoms with van der Waals surface area (Å²) in [5.74, 6) is 1.00. The zero-order valence-electron chi connectivity index (χ0n) is 9.50. The van der Waals surface area contributed by atoms with E-state index in [0.717, 1.165) is 23.4 Å². The molecule has 0 unspecified atom stereocenters.